The third kappa shape index (κ3) is 4.57. The van der Waals surface area contributed by atoms with E-state index in [1.807, 2.05) is 17.0 Å². The minimum atomic E-state index is 0.00307. The van der Waals surface area contributed by atoms with Gasteiger partial charge in [-0.15, -0.1) is 0 Å². The van der Waals surface area contributed by atoms with Crippen LogP contribution in [0.3, 0.4) is 0 Å². The molecule has 1 aromatic heterocycles. The second kappa shape index (κ2) is 8.48. The summed E-state index contributed by atoms with van der Waals surface area (Å²) in [5, 5.41) is 3.40. The Bertz CT molecular complexity index is 691. The van der Waals surface area contributed by atoms with Gasteiger partial charge in [-0.05, 0) is 56.0 Å². The van der Waals surface area contributed by atoms with E-state index in [1.54, 1.807) is 6.20 Å². The maximum atomic E-state index is 12.7. The molecule has 0 saturated heterocycles. The van der Waals surface area contributed by atoms with Gasteiger partial charge in [-0.25, -0.2) is 0 Å². The van der Waals surface area contributed by atoms with Gasteiger partial charge in [0.2, 0.25) is 0 Å². The molecule has 2 rings (SSSR count). The van der Waals surface area contributed by atoms with E-state index < -0.39 is 0 Å². The fraction of sp³-hybridized carbons (Fsp3) is 0.400. The van der Waals surface area contributed by atoms with Crippen LogP contribution in [-0.2, 0) is 0 Å². The van der Waals surface area contributed by atoms with Crippen molar-refractivity contribution in [1.29, 1.82) is 0 Å². The Morgan fingerprint density at radius 3 is 2.46 bits per heavy atom. The van der Waals surface area contributed by atoms with Crippen molar-refractivity contribution >= 4 is 17.3 Å². The zero-order chi connectivity index (χ0) is 17.5. The number of benzene rings is 1. The van der Waals surface area contributed by atoms with Crippen molar-refractivity contribution in [2.24, 2.45) is 0 Å². The molecule has 4 nitrogen and oxygen atoms in total. The Labute approximate surface area is 144 Å². The molecule has 4 heteroatoms. The number of carbonyl (C=O) groups excluding carboxylic acids is 1. The lowest BCUT2D eigenvalue weighted by molar-refractivity contribution is 0.0749. The predicted molar refractivity (Wildman–Crippen MR) is 99.9 cm³/mol. The smallest absolute Gasteiger partial charge is 0.272 e. The van der Waals surface area contributed by atoms with Gasteiger partial charge in [0.05, 0.1) is 0 Å². The van der Waals surface area contributed by atoms with Gasteiger partial charge in [-0.2, -0.15) is 0 Å². The van der Waals surface area contributed by atoms with Gasteiger partial charge < -0.3 is 10.2 Å². The summed E-state index contributed by atoms with van der Waals surface area (Å²) in [5.41, 5.74) is 4.80. The molecule has 0 aliphatic carbocycles. The Hall–Kier alpha value is -2.36. The topological polar surface area (TPSA) is 45.2 Å². The molecule has 1 heterocycles. The number of pyridine rings is 1. The van der Waals surface area contributed by atoms with Crippen LogP contribution in [0, 0.1) is 13.8 Å². The lowest BCUT2D eigenvalue weighted by atomic mass is 10.1. The minimum Gasteiger partial charge on any atom is -0.355 e. The van der Waals surface area contributed by atoms with Crippen molar-refractivity contribution in [1.82, 2.24) is 9.88 Å². The predicted octanol–water partition coefficient (Wildman–Crippen LogP) is 4.70. The number of carbonyl (C=O) groups is 1. The van der Waals surface area contributed by atoms with Crippen LogP contribution in [0.15, 0.2) is 36.5 Å². The summed E-state index contributed by atoms with van der Waals surface area (Å²) >= 11 is 0. The maximum absolute atomic E-state index is 12.7. The third-order valence-corrected chi connectivity index (χ3v) is 3.93. The van der Waals surface area contributed by atoms with E-state index in [1.165, 1.54) is 11.1 Å². The number of rotatable bonds is 7. The highest BCUT2D eigenvalue weighted by Crippen LogP contribution is 2.22. The number of hydrogen-bond donors (Lipinski definition) is 1. The van der Waals surface area contributed by atoms with Crippen LogP contribution in [0.2, 0.25) is 0 Å². The fourth-order valence-corrected chi connectivity index (χ4v) is 2.67. The largest absolute Gasteiger partial charge is 0.355 e. The molecule has 24 heavy (non-hydrogen) atoms. The molecule has 0 atom stereocenters. The first-order valence-corrected chi connectivity index (χ1v) is 8.64. The van der Waals surface area contributed by atoms with Gasteiger partial charge in [-0.3, -0.25) is 9.78 Å². The van der Waals surface area contributed by atoms with Crippen LogP contribution < -0.4 is 5.32 Å². The molecule has 0 saturated carbocycles. The summed E-state index contributed by atoms with van der Waals surface area (Å²) in [6.07, 6.45) is 3.59. The minimum absolute atomic E-state index is 0.00307. The summed E-state index contributed by atoms with van der Waals surface area (Å²) in [6, 6.07) is 10.0. The van der Waals surface area contributed by atoms with Gasteiger partial charge in [0.15, 0.2) is 0 Å². The van der Waals surface area contributed by atoms with Crippen LogP contribution in [0.5, 0.6) is 0 Å². The highest BCUT2D eigenvalue weighted by atomic mass is 16.2. The standard InChI is InChI=1S/C20H27N3O/c1-5-11-23(12-6-2)20(24)19-14-17(9-10-21-19)22-18-13-15(3)7-8-16(18)4/h7-10,13-14H,5-6,11-12H2,1-4H3,(H,21,22). The van der Waals surface area contributed by atoms with Crippen LogP contribution in [0.25, 0.3) is 0 Å². The van der Waals surface area contributed by atoms with Gasteiger partial charge in [0, 0.05) is 30.7 Å². The van der Waals surface area contributed by atoms with Gasteiger partial charge in [-0.1, -0.05) is 26.0 Å². The van der Waals surface area contributed by atoms with Gasteiger partial charge in [0.1, 0.15) is 5.69 Å². The number of aromatic nitrogens is 1. The zero-order valence-electron chi connectivity index (χ0n) is 15.1. The Kier molecular flexibility index (Phi) is 6.36. The number of anilines is 2. The molecule has 0 fully saturated rings. The van der Waals surface area contributed by atoms with Crippen LogP contribution >= 0.6 is 0 Å². The van der Waals surface area contributed by atoms with Crippen molar-refractivity contribution in [3.63, 3.8) is 0 Å². The average molecular weight is 325 g/mol. The molecule has 1 amide bonds. The average Bonchev–Trinajstić information content (AvgIpc) is 2.57. The molecule has 0 unspecified atom stereocenters. The van der Waals surface area contributed by atoms with E-state index in [9.17, 15) is 4.79 Å². The molecule has 1 N–H and O–H groups in total. The van der Waals surface area contributed by atoms with E-state index in [-0.39, 0.29) is 5.91 Å². The van der Waals surface area contributed by atoms with Crippen molar-refractivity contribution in [3.05, 3.63) is 53.3 Å². The van der Waals surface area contributed by atoms with Crippen LogP contribution in [0.4, 0.5) is 11.4 Å². The number of nitrogens with one attached hydrogen (secondary N) is 1. The lowest BCUT2D eigenvalue weighted by Gasteiger charge is -2.21. The molecule has 0 aliphatic rings. The van der Waals surface area contributed by atoms with Crippen molar-refractivity contribution < 1.29 is 4.79 Å². The molecule has 0 aliphatic heterocycles. The van der Waals surface area contributed by atoms with Crippen molar-refractivity contribution in [3.8, 4) is 0 Å². The summed E-state index contributed by atoms with van der Waals surface area (Å²) in [6.45, 7) is 9.84. The maximum Gasteiger partial charge on any atom is 0.272 e. The second-order valence-electron chi connectivity index (χ2n) is 6.17. The lowest BCUT2D eigenvalue weighted by Crippen LogP contribution is -2.33. The number of amides is 1. The molecule has 128 valence electrons. The zero-order valence-corrected chi connectivity index (χ0v) is 15.1. The Balaban J connectivity index is 2.21. The molecule has 2 aromatic rings. The molecule has 0 bridgehead atoms. The first-order chi connectivity index (χ1) is 11.5. The van der Waals surface area contributed by atoms with Crippen LogP contribution in [-0.4, -0.2) is 28.9 Å². The van der Waals surface area contributed by atoms with Gasteiger partial charge >= 0.3 is 0 Å². The Morgan fingerprint density at radius 2 is 1.79 bits per heavy atom. The van der Waals surface area contributed by atoms with E-state index in [0.29, 0.717) is 5.69 Å². The fourth-order valence-electron chi connectivity index (χ4n) is 2.67. The summed E-state index contributed by atoms with van der Waals surface area (Å²) in [5.74, 6) is 0.00307. The molecule has 0 radical (unpaired) electrons. The van der Waals surface area contributed by atoms with Crippen LogP contribution in [0.1, 0.15) is 48.3 Å². The quantitative estimate of drug-likeness (QED) is 0.802. The van der Waals surface area contributed by atoms with Gasteiger partial charge in [0.25, 0.3) is 5.91 Å². The monoisotopic (exact) mass is 325 g/mol. The Morgan fingerprint density at radius 1 is 1.08 bits per heavy atom. The highest BCUT2D eigenvalue weighted by Gasteiger charge is 2.16. The highest BCUT2D eigenvalue weighted by molar-refractivity contribution is 5.93. The number of nitrogens with zero attached hydrogens (tertiary/aromatic N) is 2. The van der Waals surface area contributed by atoms with E-state index in [0.717, 1.165) is 37.3 Å². The molecular formula is C20H27N3O. The van der Waals surface area contributed by atoms with Crippen molar-refractivity contribution in [2.45, 2.75) is 40.5 Å². The second-order valence-corrected chi connectivity index (χ2v) is 6.17. The first kappa shape index (κ1) is 18.0. The summed E-state index contributed by atoms with van der Waals surface area (Å²) < 4.78 is 0. The number of aryl methyl sites for hydroxylation is 2. The molecule has 0 spiro atoms. The van der Waals surface area contributed by atoms with Crippen molar-refractivity contribution in [2.75, 3.05) is 18.4 Å². The number of hydrogen-bond acceptors (Lipinski definition) is 3. The SMILES string of the molecule is CCCN(CCC)C(=O)c1cc(Nc2cc(C)ccc2C)ccn1. The summed E-state index contributed by atoms with van der Waals surface area (Å²) in [7, 11) is 0. The van der Waals surface area contributed by atoms with E-state index in [4.69, 9.17) is 0 Å². The van der Waals surface area contributed by atoms with E-state index >= 15 is 0 Å². The third-order valence-electron chi connectivity index (χ3n) is 3.93. The summed E-state index contributed by atoms with van der Waals surface area (Å²) in [4.78, 5) is 18.8. The normalized spacial score (nSPS) is 10.5. The molecular weight excluding hydrogens is 298 g/mol. The first-order valence-electron chi connectivity index (χ1n) is 8.64. The molecule has 1 aromatic carbocycles. The van der Waals surface area contributed by atoms with E-state index in [2.05, 4.69) is 56.2 Å².